The third-order valence-electron chi connectivity index (χ3n) is 4.94. The first-order valence-corrected chi connectivity index (χ1v) is 11.6. The van der Waals surface area contributed by atoms with Gasteiger partial charge in [0, 0.05) is 31.5 Å². The first-order chi connectivity index (χ1) is 16.0. The van der Waals surface area contributed by atoms with Crippen LogP contribution in [0.15, 0.2) is 47.2 Å². The van der Waals surface area contributed by atoms with E-state index in [4.69, 9.17) is 9.47 Å². The molecule has 172 valence electrons. The molecule has 0 unspecified atom stereocenters. The number of aryl methyl sites for hydroxylation is 1. The van der Waals surface area contributed by atoms with Crippen LogP contribution < -0.4 is 14.8 Å². The number of amides is 1. The molecule has 0 bridgehead atoms. The molecule has 0 spiro atoms. The van der Waals surface area contributed by atoms with E-state index >= 15 is 0 Å². The number of halogens is 1. The van der Waals surface area contributed by atoms with E-state index < -0.39 is 0 Å². The lowest BCUT2D eigenvalue weighted by atomic mass is 10.2. The van der Waals surface area contributed by atoms with Crippen LogP contribution in [0, 0.1) is 0 Å². The minimum Gasteiger partial charge on any atom is -0.490 e. The maximum atomic E-state index is 12.8. The Kier molecular flexibility index (Phi) is 6.93. The van der Waals surface area contributed by atoms with Crippen LogP contribution in [0.2, 0.25) is 0 Å². The second kappa shape index (κ2) is 10.0. The molecule has 4 aromatic rings. The van der Waals surface area contributed by atoms with E-state index in [-0.39, 0.29) is 11.6 Å². The summed E-state index contributed by atoms with van der Waals surface area (Å²) in [7, 11) is 0. The van der Waals surface area contributed by atoms with Gasteiger partial charge in [-0.05, 0) is 60.5 Å². The van der Waals surface area contributed by atoms with Crippen molar-refractivity contribution in [2.75, 3.05) is 13.2 Å². The number of nitrogens with one attached hydrogen (secondary N) is 1. The van der Waals surface area contributed by atoms with Crippen LogP contribution in [0.4, 0.5) is 0 Å². The number of nitrogens with zero attached hydrogens (tertiary/aromatic N) is 5. The van der Waals surface area contributed by atoms with Crippen molar-refractivity contribution < 1.29 is 14.3 Å². The molecule has 1 aromatic carbocycles. The third-order valence-corrected chi connectivity index (χ3v) is 5.52. The average molecular weight is 513 g/mol. The molecule has 9 nitrogen and oxygen atoms in total. The SMILES string of the molecule is CCOc1ccc(CNC(=O)c2cc3nccc(-c4nn(CC)cc4Br)n3n2)cc1OCC. The molecule has 3 aromatic heterocycles. The van der Waals surface area contributed by atoms with Gasteiger partial charge in [0.05, 0.1) is 23.4 Å². The van der Waals surface area contributed by atoms with Crippen LogP contribution in [-0.4, -0.2) is 43.5 Å². The molecule has 33 heavy (non-hydrogen) atoms. The van der Waals surface area contributed by atoms with E-state index in [0.29, 0.717) is 36.9 Å². The number of aromatic nitrogens is 5. The summed E-state index contributed by atoms with van der Waals surface area (Å²) in [6.45, 7) is 8.01. The molecule has 0 saturated heterocycles. The molecule has 0 aliphatic rings. The zero-order chi connectivity index (χ0) is 23.4. The van der Waals surface area contributed by atoms with Gasteiger partial charge in [-0.1, -0.05) is 6.07 Å². The van der Waals surface area contributed by atoms with Crippen molar-refractivity contribution in [3.05, 3.63) is 58.5 Å². The second-order valence-corrected chi connectivity index (χ2v) is 8.00. The number of fused-ring (bicyclic) bond motifs is 1. The van der Waals surface area contributed by atoms with Crippen LogP contribution in [0.1, 0.15) is 36.8 Å². The molecule has 0 aliphatic carbocycles. The molecule has 3 heterocycles. The maximum Gasteiger partial charge on any atom is 0.272 e. The predicted octanol–water partition coefficient (Wildman–Crippen LogP) is 4.10. The molecule has 1 amide bonds. The van der Waals surface area contributed by atoms with Crippen LogP contribution >= 0.6 is 15.9 Å². The Morgan fingerprint density at radius 3 is 2.58 bits per heavy atom. The van der Waals surface area contributed by atoms with Gasteiger partial charge in [-0.3, -0.25) is 9.48 Å². The van der Waals surface area contributed by atoms with E-state index in [2.05, 4.69) is 36.4 Å². The molecule has 4 rings (SSSR count). The van der Waals surface area contributed by atoms with Crippen LogP contribution in [-0.2, 0) is 13.1 Å². The lowest BCUT2D eigenvalue weighted by Crippen LogP contribution is -2.23. The molecule has 0 aliphatic heterocycles. The molecule has 10 heteroatoms. The van der Waals surface area contributed by atoms with Gasteiger partial charge in [0.15, 0.2) is 22.8 Å². The number of carbonyl (C=O) groups is 1. The number of hydrogen-bond acceptors (Lipinski definition) is 6. The van der Waals surface area contributed by atoms with Gasteiger partial charge in [0.1, 0.15) is 5.69 Å². The normalized spacial score (nSPS) is 11.0. The van der Waals surface area contributed by atoms with Gasteiger partial charge in [-0.2, -0.15) is 10.2 Å². The summed E-state index contributed by atoms with van der Waals surface area (Å²) in [4.78, 5) is 17.2. The highest BCUT2D eigenvalue weighted by Crippen LogP contribution is 2.29. The number of carbonyl (C=O) groups excluding carboxylic acids is 1. The first kappa shape index (κ1) is 22.8. The van der Waals surface area contributed by atoms with Crippen molar-refractivity contribution in [1.82, 2.24) is 29.7 Å². The van der Waals surface area contributed by atoms with Crippen molar-refractivity contribution in [2.45, 2.75) is 33.9 Å². The van der Waals surface area contributed by atoms with E-state index in [1.165, 1.54) is 0 Å². The first-order valence-electron chi connectivity index (χ1n) is 10.8. The highest BCUT2D eigenvalue weighted by Gasteiger charge is 2.17. The van der Waals surface area contributed by atoms with Crippen molar-refractivity contribution in [1.29, 1.82) is 0 Å². The Balaban J connectivity index is 1.54. The van der Waals surface area contributed by atoms with Gasteiger partial charge in [0.25, 0.3) is 5.91 Å². The maximum absolute atomic E-state index is 12.8. The molecule has 0 fully saturated rings. The van der Waals surface area contributed by atoms with Crippen LogP contribution in [0.3, 0.4) is 0 Å². The van der Waals surface area contributed by atoms with Gasteiger partial charge in [-0.15, -0.1) is 0 Å². The minimum atomic E-state index is -0.295. The molecule has 0 atom stereocenters. The summed E-state index contributed by atoms with van der Waals surface area (Å²) in [5, 5.41) is 12.0. The predicted molar refractivity (Wildman–Crippen MR) is 128 cm³/mol. The fraction of sp³-hybridized carbons (Fsp3) is 0.304. The number of benzene rings is 1. The summed E-state index contributed by atoms with van der Waals surface area (Å²) in [5.74, 6) is 1.05. The molecule has 0 radical (unpaired) electrons. The van der Waals surface area contributed by atoms with Crippen molar-refractivity contribution in [2.24, 2.45) is 0 Å². The van der Waals surface area contributed by atoms with Gasteiger partial charge in [-0.25, -0.2) is 9.50 Å². The van der Waals surface area contributed by atoms with Gasteiger partial charge in [0.2, 0.25) is 0 Å². The van der Waals surface area contributed by atoms with E-state index in [0.717, 1.165) is 28.0 Å². The number of hydrogen-bond donors (Lipinski definition) is 1. The topological polar surface area (TPSA) is 95.6 Å². The van der Waals surface area contributed by atoms with Gasteiger partial charge >= 0.3 is 0 Å². The zero-order valence-corrected chi connectivity index (χ0v) is 20.3. The van der Waals surface area contributed by atoms with E-state index in [1.54, 1.807) is 16.8 Å². The summed E-state index contributed by atoms with van der Waals surface area (Å²) < 4.78 is 15.6. The summed E-state index contributed by atoms with van der Waals surface area (Å²) >= 11 is 3.56. The smallest absolute Gasteiger partial charge is 0.272 e. The molecular weight excluding hydrogens is 488 g/mol. The monoisotopic (exact) mass is 512 g/mol. The molecular formula is C23H25BrN6O3. The van der Waals surface area contributed by atoms with Crippen LogP contribution in [0.5, 0.6) is 11.5 Å². The fourth-order valence-electron chi connectivity index (χ4n) is 3.40. The Morgan fingerprint density at radius 1 is 1.06 bits per heavy atom. The van der Waals surface area contributed by atoms with Crippen LogP contribution in [0.25, 0.3) is 17.0 Å². The third kappa shape index (κ3) is 4.85. The second-order valence-electron chi connectivity index (χ2n) is 7.14. The fourth-order valence-corrected chi connectivity index (χ4v) is 3.92. The summed E-state index contributed by atoms with van der Waals surface area (Å²) in [6.07, 6.45) is 3.59. The van der Waals surface area contributed by atoms with Gasteiger partial charge < -0.3 is 14.8 Å². The molecule has 1 N–H and O–H groups in total. The Morgan fingerprint density at radius 2 is 1.85 bits per heavy atom. The highest BCUT2D eigenvalue weighted by molar-refractivity contribution is 9.10. The zero-order valence-electron chi connectivity index (χ0n) is 18.7. The quantitative estimate of drug-likeness (QED) is 0.362. The van der Waals surface area contributed by atoms with E-state index in [9.17, 15) is 4.79 Å². The van der Waals surface area contributed by atoms with Crippen molar-refractivity contribution in [3.63, 3.8) is 0 Å². The largest absolute Gasteiger partial charge is 0.490 e. The highest BCUT2D eigenvalue weighted by atomic mass is 79.9. The number of ether oxygens (including phenoxy) is 2. The van der Waals surface area contributed by atoms with E-state index in [1.807, 2.05) is 55.9 Å². The summed E-state index contributed by atoms with van der Waals surface area (Å²) in [6, 6.07) is 9.11. The summed E-state index contributed by atoms with van der Waals surface area (Å²) in [5.41, 5.74) is 3.21. The Labute approximate surface area is 199 Å². The Hall–Kier alpha value is -3.40. The Bertz CT molecular complexity index is 1280. The van der Waals surface area contributed by atoms with Crippen molar-refractivity contribution >= 4 is 27.5 Å². The number of rotatable bonds is 9. The minimum absolute atomic E-state index is 0.275. The lowest BCUT2D eigenvalue weighted by Gasteiger charge is -2.12. The standard InChI is InChI=1S/C23H25BrN6O3/c1-4-29-14-16(24)22(28-29)18-9-10-25-21-12-17(27-30(18)21)23(31)26-13-15-7-8-19(32-5-2)20(11-15)33-6-3/h7-12,14H,4-6,13H2,1-3H3,(H,26,31). The lowest BCUT2D eigenvalue weighted by molar-refractivity contribution is 0.0945. The van der Waals surface area contributed by atoms with Crippen molar-refractivity contribution in [3.8, 4) is 22.9 Å². The average Bonchev–Trinajstić information content (AvgIpc) is 3.42. The molecule has 0 saturated carbocycles.